The van der Waals surface area contributed by atoms with E-state index in [1.807, 2.05) is 0 Å². The number of nitrogens with one attached hydrogen (secondary N) is 1. The Morgan fingerprint density at radius 2 is 2.25 bits per heavy atom. The van der Waals surface area contributed by atoms with Gasteiger partial charge in [0.1, 0.15) is 0 Å². The summed E-state index contributed by atoms with van der Waals surface area (Å²) in [6.07, 6.45) is 9.79. The normalized spacial score (nSPS) is 12.9. The molecule has 0 aliphatic heterocycles. The Labute approximate surface area is 118 Å². The van der Waals surface area contributed by atoms with Crippen molar-refractivity contribution in [2.45, 2.75) is 52.1 Å². The molecule has 0 radical (unpaired) electrons. The van der Waals surface area contributed by atoms with Crippen LogP contribution in [0.3, 0.4) is 0 Å². The Balaban J connectivity index is 1.84. The van der Waals surface area contributed by atoms with Crippen LogP contribution in [-0.4, -0.2) is 31.8 Å². The lowest BCUT2D eigenvalue weighted by atomic mass is 10.1. The number of fused-ring (bicyclic) bond motifs is 1. The molecule has 0 aromatic carbocycles. The summed E-state index contributed by atoms with van der Waals surface area (Å²) in [4.78, 5) is 16.0. The summed E-state index contributed by atoms with van der Waals surface area (Å²) in [5, 5.41) is 7.69. The first-order valence-electron chi connectivity index (χ1n) is 7.35. The minimum Gasteiger partial charge on any atom is -0.312 e. The third-order valence-corrected chi connectivity index (χ3v) is 3.45. The molecule has 1 unspecified atom stereocenters. The van der Waals surface area contributed by atoms with Crippen molar-refractivity contribution >= 4 is 5.65 Å². The van der Waals surface area contributed by atoms with Gasteiger partial charge in [0.15, 0.2) is 5.65 Å². The molecule has 0 aliphatic carbocycles. The minimum absolute atomic E-state index is 0.108. The van der Waals surface area contributed by atoms with Crippen LogP contribution in [0.5, 0.6) is 0 Å². The highest BCUT2D eigenvalue weighted by Gasteiger charge is 2.06. The molecule has 0 spiro atoms. The summed E-state index contributed by atoms with van der Waals surface area (Å²) in [6, 6.07) is 0.482. The van der Waals surface area contributed by atoms with Crippen molar-refractivity contribution in [1.29, 1.82) is 0 Å². The molecular weight excluding hydrogens is 254 g/mol. The van der Waals surface area contributed by atoms with Gasteiger partial charge in [-0.1, -0.05) is 26.2 Å². The van der Waals surface area contributed by atoms with E-state index < -0.39 is 0 Å². The fourth-order valence-electron chi connectivity index (χ4n) is 2.25. The van der Waals surface area contributed by atoms with Crippen LogP contribution < -0.4 is 11.0 Å². The van der Waals surface area contributed by atoms with Crippen molar-refractivity contribution in [3.8, 4) is 0 Å². The molecule has 20 heavy (non-hydrogen) atoms. The van der Waals surface area contributed by atoms with Gasteiger partial charge in [-0.2, -0.15) is 0 Å². The molecule has 0 saturated carbocycles. The second-order valence-corrected chi connectivity index (χ2v) is 5.16. The van der Waals surface area contributed by atoms with Gasteiger partial charge in [0.25, 0.3) is 0 Å². The van der Waals surface area contributed by atoms with Crippen LogP contribution in [0.2, 0.25) is 0 Å². The predicted octanol–water partition coefficient (Wildman–Crippen LogP) is 1.45. The van der Waals surface area contributed by atoms with Gasteiger partial charge >= 0.3 is 5.69 Å². The first-order chi connectivity index (χ1) is 9.72. The van der Waals surface area contributed by atoms with E-state index >= 15 is 0 Å². The van der Waals surface area contributed by atoms with Gasteiger partial charge in [-0.15, -0.1) is 5.10 Å². The summed E-state index contributed by atoms with van der Waals surface area (Å²) >= 11 is 0. The molecule has 1 atom stereocenters. The SMILES string of the molecule is CCCCCC(C)NCCn1nc2cnccn2c1=O. The highest BCUT2D eigenvalue weighted by Crippen LogP contribution is 2.02. The van der Waals surface area contributed by atoms with Crippen molar-refractivity contribution in [1.82, 2.24) is 24.5 Å². The first-order valence-corrected chi connectivity index (χ1v) is 7.35. The smallest absolute Gasteiger partial charge is 0.312 e. The Morgan fingerprint density at radius 3 is 3.00 bits per heavy atom. The number of rotatable bonds is 8. The lowest BCUT2D eigenvalue weighted by molar-refractivity contribution is 0.455. The maximum absolute atomic E-state index is 12.0. The average molecular weight is 277 g/mol. The van der Waals surface area contributed by atoms with E-state index in [-0.39, 0.29) is 5.69 Å². The molecule has 6 nitrogen and oxygen atoms in total. The molecule has 2 aromatic rings. The standard InChI is InChI=1S/C14H23N5O/c1-3-4-5-6-12(2)16-8-10-19-14(20)18-9-7-15-11-13(18)17-19/h7,9,11-12,16H,3-6,8,10H2,1-2H3. The molecule has 0 aliphatic rings. The van der Waals surface area contributed by atoms with Crippen LogP contribution in [-0.2, 0) is 6.54 Å². The van der Waals surface area contributed by atoms with Gasteiger partial charge in [0, 0.05) is 25.0 Å². The van der Waals surface area contributed by atoms with Crippen molar-refractivity contribution in [2.75, 3.05) is 6.54 Å². The third-order valence-electron chi connectivity index (χ3n) is 3.45. The van der Waals surface area contributed by atoms with Crippen LogP contribution in [0.4, 0.5) is 0 Å². The second kappa shape index (κ2) is 7.19. The van der Waals surface area contributed by atoms with E-state index in [1.165, 1.54) is 34.8 Å². The number of nitrogens with zero attached hydrogens (tertiary/aromatic N) is 4. The number of aromatic nitrogens is 4. The van der Waals surface area contributed by atoms with Crippen molar-refractivity contribution < 1.29 is 0 Å². The Hall–Kier alpha value is -1.69. The van der Waals surface area contributed by atoms with Gasteiger partial charge in [-0.3, -0.25) is 4.98 Å². The summed E-state index contributed by atoms with van der Waals surface area (Å²) in [7, 11) is 0. The largest absolute Gasteiger partial charge is 0.350 e. The van der Waals surface area contributed by atoms with Gasteiger partial charge in [0.05, 0.1) is 12.7 Å². The maximum Gasteiger partial charge on any atom is 0.350 e. The quantitative estimate of drug-likeness (QED) is 0.742. The minimum atomic E-state index is -0.108. The molecule has 2 heterocycles. The fraction of sp³-hybridized carbons (Fsp3) is 0.643. The topological polar surface area (TPSA) is 64.2 Å². The molecule has 2 rings (SSSR count). The summed E-state index contributed by atoms with van der Waals surface area (Å²) < 4.78 is 3.00. The van der Waals surface area contributed by atoms with Gasteiger partial charge in [-0.05, 0) is 13.3 Å². The van der Waals surface area contributed by atoms with Crippen LogP contribution >= 0.6 is 0 Å². The third kappa shape index (κ3) is 3.66. The highest BCUT2D eigenvalue weighted by molar-refractivity contribution is 5.31. The van der Waals surface area contributed by atoms with Gasteiger partial charge in [-0.25, -0.2) is 13.9 Å². The molecule has 2 aromatic heterocycles. The van der Waals surface area contributed by atoms with Gasteiger partial charge in [0.2, 0.25) is 0 Å². The van der Waals surface area contributed by atoms with Crippen molar-refractivity contribution in [3.05, 3.63) is 29.1 Å². The number of hydrogen-bond acceptors (Lipinski definition) is 4. The van der Waals surface area contributed by atoms with E-state index in [4.69, 9.17) is 0 Å². The lowest BCUT2D eigenvalue weighted by Crippen LogP contribution is -2.32. The molecule has 110 valence electrons. The zero-order chi connectivity index (χ0) is 14.4. The van der Waals surface area contributed by atoms with Crippen molar-refractivity contribution in [3.63, 3.8) is 0 Å². The predicted molar refractivity (Wildman–Crippen MR) is 78.9 cm³/mol. The van der Waals surface area contributed by atoms with Crippen LogP contribution in [0.1, 0.15) is 39.5 Å². The maximum atomic E-state index is 12.0. The van der Waals surface area contributed by atoms with E-state index in [1.54, 1.807) is 18.6 Å². The Bertz CT molecular complexity index is 589. The Morgan fingerprint density at radius 1 is 1.40 bits per heavy atom. The summed E-state index contributed by atoms with van der Waals surface area (Å²) in [5.74, 6) is 0. The van der Waals surface area contributed by atoms with Crippen molar-refractivity contribution in [2.24, 2.45) is 0 Å². The summed E-state index contributed by atoms with van der Waals surface area (Å²) in [6.45, 7) is 5.73. The zero-order valence-electron chi connectivity index (χ0n) is 12.2. The monoisotopic (exact) mass is 277 g/mol. The van der Waals surface area contributed by atoms with E-state index in [9.17, 15) is 4.79 Å². The molecule has 0 fully saturated rings. The molecule has 0 amide bonds. The Kier molecular flexibility index (Phi) is 5.29. The molecule has 0 bridgehead atoms. The average Bonchev–Trinajstić information content (AvgIpc) is 2.77. The van der Waals surface area contributed by atoms with E-state index in [0.717, 1.165) is 6.54 Å². The molecule has 6 heteroatoms. The summed E-state index contributed by atoms with van der Waals surface area (Å²) in [5.41, 5.74) is 0.483. The number of hydrogen-bond donors (Lipinski definition) is 1. The van der Waals surface area contributed by atoms with Gasteiger partial charge < -0.3 is 5.32 Å². The van der Waals surface area contributed by atoms with Crippen LogP contribution in [0.25, 0.3) is 5.65 Å². The fourth-order valence-corrected chi connectivity index (χ4v) is 2.25. The molecule has 1 N–H and O–H groups in total. The second-order valence-electron chi connectivity index (χ2n) is 5.16. The first kappa shape index (κ1) is 14.7. The van der Waals surface area contributed by atoms with E-state index in [0.29, 0.717) is 18.2 Å². The number of unbranched alkanes of at least 4 members (excludes halogenated alkanes) is 2. The van der Waals surface area contributed by atoms with E-state index in [2.05, 4.69) is 29.2 Å². The molecular formula is C14H23N5O. The lowest BCUT2D eigenvalue weighted by Gasteiger charge is -2.12. The highest BCUT2D eigenvalue weighted by atomic mass is 16.2. The van der Waals surface area contributed by atoms with Crippen LogP contribution in [0.15, 0.2) is 23.4 Å². The van der Waals surface area contributed by atoms with Crippen LogP contribution in [0, 0.1) is 0 Å². The zero-order valence-corrected chi connectivity index (χ0v) is 12.2. The molecule has 0 saturated heterocycles.